The summed E-state index contributed by atoms with van der Waals surface area (Å²) in [5.41, 5.74) is 3.34. The Balaban J connectivity index is 2.32. The Morgan fingerprint density at radius 3 is 2.72 bits per heavy atom. The van der Waals surface area contributed by atoms with Crippen LogP contribution in [0.15, 0.2) is 30.6 Å². The molecule has 18 heavy (non-hydrogen) atoms. The molecule has 3 nitrogen and oxygen atoms in total. The van der Waals surface area contributed by atoms with Crippen molar-refractivity contribution < 1.29 is 5.11 Å². The van der Waals surface area contributed by atoms with E-state index in [1.165, 1.54) is 11.1 Å². The van der Waals surface area contributed by atoms with E-state index in [1.807, 2.05) is 29.0 Å². The normalized spacial score (nSPS) is 12.7. The Kier molecular flexibility index (Phi) is 3.82. The van der Waals surface area contributed by atoms with E-state index in [0.717, 1.165) is 24.4 Å². The van der Waals surface area contributed by atoms with Gasteiger partial charge in [-0.25, -0.2) is 4.98 Å². The zero-order valence-electron chi connectivity index (χ0n) is 11.2. The number of hydrogen-bond acceptors (Lipinski definition) is 2. The first-order valence-corrected chi connectivity index (χ1v) is 6.39. The van der Waals surface area contributed by atoms with Crippen LogP contribution in [0.5, 0.6) is 0 Å². The molecule has 1 aromatic carbocycles. The monoisotopic (exact) mass is 244 g/mol. The first kappa shape index (κ1) is 12.8. The Labute approximate surface area is 108 Å². The van der Waals surface area contributed by atoms with Crippen LogP contribution in [0.3, 0.4) is 0 Å². The molecule has 0 amide bonds. The van der Waals surface area contributed by atoms with Crippen LogP contribution in [0.1, 0.15) is 42.0 Å². The van der Waals surface area contributed by atoms with E-state index in [2.05, 4.69) is 25.8 Å². The average Bonchev–Trinajstić information content (AvgIpc) is 2.80. The van der Waals surface area contributed by atoms with Crippen LogP contribution in [-0.2, 0) is 6.54 Å². The molecule has 0 aliphatic carbocycles. The fraction of sp³-hybridized carbons (Fsp3) is 0.400. The second kappa shape index (κ2) is 5.36. The Bertz CT molecular complexity index is 531. The summed E-state index contributed by atoms with van der Waals surface area (Å²) in [7, 11) is 0. The van der Waals surface area contributed by atoms with Gasteiger partial charge in [0.25, 0.3) is 0 Å². The molecule has 1 heterocycles. The third-order valence-electron chi connectivity index (χ3n) is 3.30. The van der Waals surface area contributed by atoms with Crippen LogP contribution in [-0.4, -0.2) is 14.7 Å². The molecule has 0 aliphatic rings. The molecule has 0 saturated carbocycles. The molecule has 0 radical (unpaired) electrons. The molecule has 3 heteroatoms. The van der Waals surface area contributed by atoms with Crippen molar-refractivity contribution in [1.82, 2.24) is 9.55 Å². The summed E-state index contributed by atoms with van der Waals surface area (Å²) in [6.07, 6.45) is 4.05. The molecular weight excluding hydrogens is 224 g/mol. The van der Waals surface area contributed by atoms with Crippen molar-refractivity contribution in [2.24, 2.45) is 0 Å². The molecule has 0 spiro atoms. The smallest absolute Gasteiger partial charge is 0.142 e. The lowest BCUT2D eigenvalue weighted by Gasteiger charge is -2.14. The van der Waals surface area contributed by atoms with Crippen molar-refractivity contribution in [3.8, 4) is 0 Å². The van der Waals surface area contributed by atoms with Gasteiger partial charge >= 0.3 is 0 Å². The number of aryl methyl sites for hydroxylation is 3. The summed E-state index contributed by atoms with van der Waals surface area (Å²) in [4.78, 5) is 4.28. The summed E-state index contributed by atoms with van der Waals surface area (Å²) < 4.78 is 2.01. The van der Waals surface area contributed by atoms with Crippen molar-refractivity contribution >= 4 is 0 Å². The molecule has 1 N–H and O–H groups in total. The van der Waals surface area contributed by atoms with Crippen LogP contribution in [0.4, 0.5) is 0 Å². The first-order chi connectivity index (χ1) is 8.63. The van der Waals surface area contributed by atoms with E-state index in [-0.39, 0.29) is 0 Å². The average molecular weight is 244 g/mol. The number of nitrogens with zero attached hydrogens (tertiary/aromatic N) is 2. The number of rotatable bonds is 4. The molecule has 0 saturated heterocycles. The number of hydrogen-bond donors (Lipinski definition) is 1. The second-order valence-electron chi connectivity index (χ2n) is 4.73. The van der Waals surface area contributed by atoms with E-state index in [4.69, 9.17) is 0 Å². The van der Waals surface area contributed by atoms with Crippen LogP contribution in [0, 0.1) is 13.8 Å². The summed E-state index contributed by atoms with van der Waals surface area (Å²) in [5, 5.41) is 10.4. The molecule has 0 bridgehead atoms. The third-order valence-corrected chi connectivity index (χ3v) is 3.30. The molecular formula is C15H20N2O. The van der Waals surface area contributed by atoms with Gasteiger partial charge in [-0.1, -0.05) is 25.1 Å². The molecule has 2 rings (SSSR count). The Morgan fingerprint density at radius 1 is 1.28 bits per heavy atom. The largest absolute Gasteiger partial charge is 0.380 e. The highest BCUT2D eigenvalue weighted by Gasteiger charge is 2.16. The number of aromatic nitrogens is 2. The summed E-state index contributed by atoms with van der Waals surface area (Å²) in [6, 6.07) is 6.05. The highest BCUT2D eigenvalue weighted by Crippen LogP contribution is 2.22. The number of imidazole rings is 1. The minimum Gasteiger partial charge on any atom is -0.380 e. The minimum atomic E-state index is -0.647. The maximum absolute atomic E-state index is 10.4. The molecule has 0 fully saturated rings. The van der Waals surface area contributed by atoms with Crippen molar-refractivity contribution in [1.29, 1.82) is 0 Å². The Hall–Kier alpha value is -1.61. The lowest BCUT2D eigenvalue weighted by atomic mass is 10.0. The SMILES string of the molecule is CCCn1ccnc1C(O)c1ccc(C)c(C)c1. The summed E-state index contributed by atoms with van der Waals surface area (Å²) in [6.45, 7) is 7.14. The highest BCUT2D eigenvalue weighted by molar-refractivity contribution is 5.33. The van der Waals surface area contributed by atoms with Gasteiger partial charge in [-0.2, -0.15) is 0 Å². The van der Waals surface area contributed by atoms with Gasteiger partial charge < -0.3 is 9.67 Å². The van der Waals surface area contributed by atoms with Crippen LogP contribution in [0.25, 0.3) is 0 Å². The van der Waals surface area contributed by atoms with Crippen LogP contribution >= 0.6 is 0 Å². The fourth-order valence-corrected chi connectivity index (χ4v) is 2.08. The van der Waals surface area contributed by atoms with Crippen molar-refractivity contribution in [2.75, 3.05) is 0 Å². The van der Waals surface area contributed by atoms with Gasteiger partial charge in [0.05, 0.1) is 0 Å². The van der Waals surface area contributed by atoms with E-state index in [1.54, 1.807) is 6.20 Å². The van der Waals surface area contributed by atoms with Crippen molar-refractivity contribution in [3.05, 3.63) is 53.1 Å². The summed E-state index contributed by atoms with van der Waals surface area (Å²) in [5.74, 6) is 0.722. The van der Waals surface area contributed by atoms with E-state index >= 15 is 0 Å². The predicted molar refractivity (Wildman–Crippen MR) is 72.5 cm³/mol. The van der Waals surface area contributed by atoms with Gasteiger partial charge in [0.1, 0.15) is 11.9 Å². The topological polar surface area (TPSA) is 38.0 Å². The van der Waals surface area contributed by atoms with Gasteiger partial charge in [-0.05, 0) is 37.0 Å². The zero-order valence-corrected chi connectivity index (χ0v) is 11.2. The number of benzene rings is 1. The maximum Gasteiger partial charge on any atom is 0.142 e. The van der Waals surface area contributed by atoms with Gasteiger partial charge in [0.2, 0.25) is 0 Å². The summed E-state index contributed by atoms with van der Waals surface area (Å²) >= 11 is 0. The Morgan fingerprint density at radius 2 is 2.06 bits per heavy atom. The van der Waals surface area contributed by atoms with Crippen LogP contribution < -0.4 is 0 Å². The predicted octanol–water partition coefficient (Wildman–Crippen LogP) is 2.99. The molecule has 96 valence electrons. The van der Waals surface area contributed by atoms with Crippen LogP contribution in [0.2, 0.25) is 0 Å². The number of aliphatic hydroxyl groups excluding tert-OH is 1. The first-order valence-electron chi connectivity index (χ1n) is 6.39. The van der Waals surface area contributed by atoms with Gasteiger partial charge in [-0.15, -0.1) is 0 Å². The van der Waals surface area contributed by atoms with E-state index < -0.39 is 6.10 Å². The molecule has 2 aromatic rings. The van der Waals surface area contributed by atoms with Gasteiger partial charge in [0.15, 0.2) is 0 Å². The van der Waals surface area contributed by atoms with E-state index in [0.29, 0.717) is 0 Å². The standard InChI is InChI=1S/C15H20N2O/c1-4-8-17-9-7-16-15(17)14(18)13-6-5-11(2)12(3)10-13/h5-7,9-10,14,18H,4,8H2,1-3H3. The fourth-order valence-electron chi connectivity index (χ4n) is 2.08. The maximum atomic E-state index is 10.4. The van der Waals surface area contributed by atoms with E-state index in [9.17, 15) is 5.11 Å². The molecule has 1 atom stereocenters. The van der Waals surface area contributed by atoms with Crippen molar-refractivity contribution in [2.45, 2.75) is 39.8 Å². The third kappa shape index (κ3) is 2.46. The zero-order chi connectivity index (χ0) is 13.1. The quantitative estimate of drug-likeness (QED) is 0.897. The molecule has 1 aromatic heterocycles. The molecule has 1 unspecified atom stereocenters. The lowest BCUT2D eigenvalue weighted by Crippen LogP contribution is -2.10. The van der Waals surface area contributed by atoms with Gasteiger partial charge in [-0.3, -0.25) is 0 Å². The second-order valence-corrected chi connectivity index (χ2v) is 4.73. The lowest BCUT2D eigenvalue weighted by molar-refractivity contribution is 0.204. The van der Waals surface area contributed by atoms with Gasteiger partial charge in [0, 0.05) is 18.9 Å². The minimum absolute atomic E-state index is 0.647. The highest BCUT2D eigenvalue weighted by atomic mass is 16.3. The molecule has 0 aliphatic heterocycles. The number of aliphatic hydroxyl groups is 1. The van der Waals surface area contributed by atoms with Crippen molar-refractivity contribution in [3.63, 3.8) is 0 Å².